The predicted octanol–water partition coefficient (Wildman–Crippen LogP) is 3.16. The van der Waals surface area contributed by atoms with Gasteiger partial charge in [-0.1, -0.05) is 17.7 Å². The number of hydrogen-bond donors (Lipinski definition) is 2. The first-order valence-electron chi connectivity index (χ1n) is 7.33. The van der Waals surface area contributed by atoms with Gasteiger partial charge in [0, 0.05) is 11.4 Å². The number of rotatable bonds is 3. The van der Waals surface area contributed by atoms with Crippen molar-refractivity contribution in [3.8, 4) is 0 Å². The Morgan fingerprint density at radius 1 is 1.09 bits per heavy atom. The molecule has 0 aromatic heterocycles. The van der Waals surface area contributed by atoms with Gasteiger partial charge >= 0.3 is 0 Å². The van der Waals surface area contributed by atoms with E-state index in [4.69, 9.17) is 0 Å². The Balaban J connectivity index is 1.94. The maximum absolute atomic E-state index is 12.6. The summed E-state index contributed by atoms with van der Waals surface area (Å²) < 4.78 is 27.8. The number of sulfonamides is 1. The van der Waals surface area contributed by atoms with Crippen molar-refractivity contribution >= 4 is 27.3 Å². The Morgan fingerprint density at radius 2 is 1.83 bits per heavy atom. The predicted molar refractivity (Wildman–Crippen MR) is 90.2 cm³/mol. The SMILES string of the molecule is Cc1ccc(S(=O)(=O)Nc2ccc3c(c2)C(C)C(=O)N3)c(C)c1. The molecule has 0 fully saturated rings. The smallest absolute Gasteiger partial charge is 0.262 e. The number of anilines is 2. The highest BCUT2D eigenvalue weighted by Gasteiger charge is 2.27. The highest BCUT2D eigenvalue weighted by atomic mass is 32.2. The van der Waals surface area contributed by atoms with E-state index in [0.29, 0.717) is 11.3 Å². The van der Waals surface area contributed by atoms with Gasteiger partial charge in [-0.15, -0.1) is 0 Å². The minimum atomic E-state index is -3.66. The van der Waals surface area contributed by atoms with Crippen molar-refractivity contribution in [3.05, 3.63) is 53.1 Å². The lowest BCUT2D eigenvalue weighted by atomic mass is 10.0. The number of nitrogens with one attached hydrogen (secondary N) is 2. The van der Waals surface area contributed by atoms with Gasteiger partial charge in [0.2, 0.25) is 5.91 Å². The van der Waals surface area contributed by atoms with Gasteiger partial charge < -0.3 is 5.32 Å². The first-order chi connectivity index (χ1) is 10.8. The Hall–Kier alpha value is -2.34. The Kier molecular flexibility index (Phi) is 3.64. The van der Waals surface area contributed by atoms with E-state index in [0.717, 1.165) is 16.8 Å². The van der Waals surface area contributed by atoms with Crippen LogP contribution in [0.1, 0.15) is 29.5 Å². The maximum Gasteiger partial charge on any atom is 0.262 e. The fourth-order valence-corrected chi connectivity index (χ4v) is 4.07. The van der Waals surface area contributed by atoms with Crippen LogP contribution in [0.2, 0.25) is 0 Å². The molecule has 0 saturated carbocycles. The van der Waals surface area contributed by atoms with Crippen LogP contribution in [0.3, 0.4) is 0 Å². The van der Waals surface area contributed by atoms with Crippen molar-refractivity contribution in [2.24, 2.45) is 0 Å². The second kappa shape index (κ2) is 5.38. The lowest BCUT2D eigenvalue weighted by Crippen LogP contribution is -2.14. The van der Waals surface area contributed by atoms with Crippen LogP contribution in [-0.4, -0.2) is 14.3 Å². The van der Waals surface area contributed by atoms with E-state index in [9.17, 15) is 13.2 Å². The third-order valence-corrected chi connectivity index (χ3v) is 5.58. The lowest BCUT2D eigenvalue weighted by Gasteiger charge is -2.12. The van der Waals surface area contributed by atoms with Gasteiger partial charge in [-0.3, -0.25) is 9.52 Å². The number of benzene rings is 2. The number of amides is 1. The van der Waals surface area contributed by atoms with E-state index in [-0.39, 0.29) is 16.7 Å². The molecule has 0 bridgehead atoms. The molecule has 0 saturated heterocycles. The number of hydrogen-bond acceptors (Lipinski definition) is 3. The zero-order valence-electron chi connectivity index (χ0n) is 13.2. The summed E-state index contributed by atoms with van der Waals surface area (Å²) in [5.41, 5.74) is 3.70. The van der Waals surface area contributed by atoms with Crippen LogP contribution in [0.4, 0.5) is 11.4 Å². The molecule has 0 spiro atoms. The molecule has 1 heterocycles. The zero-order chi connectivity index (χ0) is 16.8. The first-order valence-corrected chi connectivity index (χ1v) is 8.81. The average molecular weight is 330 g/mol. The summed E-state index contributed by atoms with van der Waals surface area (Å²) in [4.78, 5) is 11.9. The third kappa shape index (κ3) is 2.82. The second-order valence-corrected chi connectivity index (χ2v) is 7.54. The summed E-state index contributed by atoms with van der Waals surface area (Å²) >= 11 is 0. The molecule has 2 aromatic carbocycles. The molecular formula is C17H18N2O3S. The van der Waals surface area contributed by atoms with E-state index in [1.807, 2.05) is 13.0 Å². The number of aryl methyl sites for hydroxylation is 2. The van der Waals surface area contributed by atoms with Gasteiger partial charge in [0.05, 0.1) is 10.8 Å². The summed E-state index contributed by atoms with van der Waals surface area (Å²) in [5.74, 6) is -0.357. The molecule has 1 amide bonds. The highest BCUT2D eigenvalue weighted by Crippen LogP contribution is 2.34. The zero-order valence-corrected chi connectivity index (χ0v) is 14.0. The molecule has 23 heavy (non-hydrogen) atoms. The largest absolute Gasteiger partial charge is 0.325 e. The average Bonchev–Trinajstić information content (AvgIpc) is 2.73. The molecule has 6 heteroatoms. The monoisotopic (exact) mass is 330 g/mol. The van der Waals surface area contributed by atoms with Gasteiger partial charge in [-0.05, 0) is 56.2 Å². The van der Waals surface area contributed by atoms with Crippen molar-refractivity contribution in [2.75, 3.05) is 10.0 Å². The maximum atomic E-state index is 12.6. The molecule has 1 atom stereocenters. The lowest BCUT2D eigenvalue weighted by molar-refractivity contribution is -0.116. The summed E-state index contributed by atoms with van der Waals surface area (Å²) in [7, 11) is -3.66. The molecule has 0 radical (unpaired) electrons. The minimum absolute atomic E-state index is 0.0746. The van der Waals surface area contributed by atoms with Gasteiger partial charge in [-0.2, -0.15) is 0 Å². The van der Waals surface area contributed by atoms with Crippen LogP contribution in [0.25, 0.3) is 0 Å². The van der Waals surface area contributed by atoms with Crippen LogP contribution in [0.15, 0.2) is 41.3 Å². The highest BCUT2D eigenvalue weighted by molar-refractivity contribution is 7.92. The summed E-state index contributed by atoms with van der Waals surface area (Å²) in [6, 6.07) is 10.3. The van der Waals surface area contributed by atoms with Crippen LogP contribution >= 0.6 is 0 Å². The quantitative estimate of drug-likeness (QED) is 0.908. The van der Waals surface area contributed by atoms with Crippen molar-refractivity contribution in [1.29, 1.82) is 0 Å². The molecule has 1 aliphatic heterocycles. The Bertz CT molecular complexity index is 904. The topological polar surface area (TPSA) is 75.3 Å². The van der Waals surface area contributed by atoms with Crippen molar-refractivity contribution in [2.45, 2.75) is 31.6 Å². The Morgan fingerprint density at radius 3 is 2.52 bits per heavy atom. The first kappa shape index (κ1) is 15.6. The standard InChI is InChI=1S/C17H18N2O3S/c1-10-4-7-16(11(2)8-10)23(21,22)19-13-5-6-15-14(9-13)12(3)17(20)18-15/h4-9,12,19H,1-3H3,(H,18,20). The van der Waals surface area contributed by atoms with E-state index < -0.39 is 10.0 Å². The molecule has 2 N–H and O–H groups in total. The van der Waals surface area contributed by atoms with Gasteiger partial charge in [0.25, 0.3) is 10.0 Å². The van der Waals surface area contributed by atoms with Crippen molar-refractivity contribution < 1.29 is 13.2 Å². The Labute approximate surface area is 135 Å². The van der Waals surface area contributed by atoms with Crippen LogP contribution in [0, 0.1) is 13.8 Å². The number of fused-ring (bicyclic) bond motifs is 1. The second-order valence-electron chi connectivity index (χ2n) is 5.89. The molecule has 5 nitrogen and oxygen atoms in total. The third-order valence-electron chi connectivity index (χ3n) is 4.04. The fourth-order valence-electron chi connectivity index (χ4n) is 2.79. The van der Waals surface area contributed by atoms with Gasteiger partial charge in [0.1, 0.15) is 0 Å². The van der Waals surface area contributed by atoms with Crippen molar-refractivity contribution in [3.63, 3.8) is 0 Å². The van der Waals surface area contributed by atoms with E-state index in [2.05, 4.69) is 10.0 Å². The van der Waals surface area contributed by atoms with E-state index in [1.54, 1.807) is 44.2 Å². The molecular weight excluding hydrogens is 312 g/mol. The molecule has 1 unspecified atom stereocenters. The molecule has 2 aromatic rings. The summed E-state index contributed by atoms with van der Waals surface area (Å²) in [6.07, 6.45) is 0. The number of carbonyl (C=O) groups excluding carboxylic acids is 1. The summed E-state index contributed by atoms with van der Waals surface area (Å²) in [6.45, 7) is 5.49. The fraction of sp³-hybridized carbons (Fsp3) is 0.235. The normalized spacial score (nSPS) is 16.8. The van der Waals surface area contributed by atoms with E-state index in [1.165, 1.54) is 0 Å². The molecule has 1 aliphatic rings. The van der Waals surface area contributed by atoms with E-state index >= 15 is 0 Å². The molecule has 0 aliphatic carbocycles. The summed E-state index contributed by atoms with van der Waals surface area (Å²) in [5, 5.41) is 2.77. The number of carbonyl (C=O) groups is 1. The van der Waals surface area contributed by atoms with Crippen LogP contribution in [0.5, 0.6) is 0 Å². The molecule has 3 rings (SSSR count). The van der Waals surface area contributed by atoms with Crippen molar-refractivity contribution in [1.82, 2.24) is 0 Å². The van der Waals surface area contributed by atoms with Crippen LogP contribution in [-0.2, 0) is 14.8 Å². The van der Waals surface area contributed by atoms with Gasteiger partial charge in [-0.25, -0.2) is 8.42 Å². The minimum Gasteiger partial charge on any atom is -0.325 e. The molecule has 120 valence electrons. The van der Waals surface area contributed by atoms with Crippen LogP contribution < -0.4 is 10.0 Å². The van der Waals surface area contributed by atoms with Gasteiger partial charge in [0.15, 0.2) is 0 Å².